The third-order valence-corrected chi connectivity index (χ3v) is 4.12. The highest BCUT2D eigenvalue weighted by atomic mass is 16.2. The Hall–Kier alpha value is -2.82. The van der Waals surface area contributed by atoms with Crippen molar-refractivity contribution in [1.29, 1.82) is 0 Å². The third-order valence-electron chi connectivity index (χ3n) is 4.12. The van der Waals surface area contributed by atoms with Gasteiger partial charge in [-0.1, -0.05) is 30.3 Å². The Morgan fingerprint density at radius 2 is 1.67 bits per heavy atom. The molecule has 0 fully saturated rings. The van der Waals surface area contributed by atoms with Crippen LogP contribution >= 0.6 is 0 Å². The highest BCUT2D eigenvalue weighted by Gasteiger charge is 2.19. The van der Waals surface area contributed by atoms with Crippen LogP contribution in [0.4, 0.5) is 16.2 Å². The van der Waals surface area contributed by atoms with Crippen molar-refractivity contribution in [3.63, 3.8) is 0 Å². The fraction of sp³-hybridized carbons (Fsp3) is 0.263. The van der Waals surface area contributed by atoms with E-state index in [0.29, 0.717) is 11.4 Å². The van der Waals surface area contributed by atoms with E-state index >= 15 is 0 Å². The summed E-state index contributed by atoms with van der Waals surface area (Å²) in [7, 11) is 0. The molecule has 0 aliphatic heterocycles. The Morgan fingerprint density at radius 1 is 0.958 bits per heavy atom. The van der Waals surface area contributed by atoms with Gasteiger partial charge in [0, 0.05) is 24.3 Å². The predicted octanol–water partition coefficient (Wildman–Crippen LogP) is 3.32. The van der Waals surface area contributed by atoms with Gasteiger partial charge in [-0.15, -0.1) is 0 Å². The van der Waals surface area contributed by atoms with Crippen LogP contribution < -0.4 is 16.0 Å². The monoisotopic (exact) mass is 323 g/mol. The average Bonchev–Trinajstić information content (AvgIpc) is 2.54. The molecule has 0 spiro atoms. The van der Waals surface area contributed by atoms with Crippen LogP contribution in [0.25, 0.3) is 0 Å². The van der Waals surface area contributed by atoms with E-state index in [1.807, 2.05) is 6.07 Å². The molecule has 0 heterocycles. The molecule has 2 aromatic rings. The minimum atomic E-state index is -0.223. The number of aryl methyl sites for hydroxylation is 1. The van der Waals surface area contributed by atoms with Gasteiger partial charge < -0.3 is 16.0 Å². The minimum absolute atomic E-state index is 0.137. The zero-order valence-electron chi connectivity index (χ0n) is 13.6. The van der Waals surface area contributed by atoms with Gasteiger partial charge in [0.25, 0.3) is 0 Å². The largest absolute Gasteiger partial charge is 0.335 e. The van der Waals surface area contributed by atoms with Crippen molar-refractivity contribution in [2.24, 2.45) is 0 Å². The highest BCUT2D eigenvalue weighted by molar-refractivity contribution is 5.92. The number of carbonyl (C=O) groups is 2. The standard InChI is InChI=1S/C19H21N3O2/c1-13(23)20-16-7-4-8-17(12-16)21-19(24)22-18-10-9-14-5-2-3-6-15(14)11-18/h2-8,12,18H,9-11H2,1H3,(H,20,23)(H2,21,22,24)/t18-/m0/s1. The molecule has 1 aliphatic carbocycles. The Balaban J connectivity index is 1.57. The van der Waals surface area contributed by atoms with Crippen LogP contribution in [0.2, 0.25) is 0 Å². The van der Waals surface area contributed by atoms with E-state index in [9.17, 15) is 9.59 Å². The first-order valence-corrected chi connectivity index (χ1v) is 8.12. The molecule has 0 saturated carbocycles. The Bertz CT molecular complexity index is 758. The molecule has 5 nitrogen and oxygen atoms in total. The van der Waals surface area contributed by atoms with Crippen LogP contribution in [0.5, 0.6) is 0 Å². The Labute approximate surface area is 141 Å². The lowest BCUT2D eigenvalue weighted by Gasteiger charge is -2.25. The second-order valence-electron chi connectivity index (χ2n) is 6.07. The number of rotatable bonds is 3. The molecule has 3 amide bonds. The van der Waals surface area contributed by atoms with Crippen LogP contribution in [-0.2, 0) is 17.6 Å². The summed E-state index contributed by atoms with van der Waals surface area (Å²) in [6.07, 6.45) is 2.78. The molecule has 1 atom stereocenters. The van der Waals surface area contributed by atoms with E-state index in [0.717, 1.165) is 19.3 Å². The summed E-state index contributed by atoms with van der Waals surface area (Å²) >= 11 is 0. The minimum Gasteiger partial charge on any atom is -0.335 e. The summed E-state index contributed by atoms with van der Waals surface area (Å²) in [4.78, 5) is 23.3. The zero-order valence-corrected chi connectivity index (χ0v) is 13.6. The summed E-state index contributed by atoms with van der Waals surface area (Å²) in [6.45, 7) is 1.45. The summed E-state index contributed by atoms with van der Waals surface area (Å²) in [6, 6.07) is 15.4. The summed E-state index contributed by atoms with van der Waals surface area (Å²) in [5.41, 5.74) is 3.99. The zero-order chi connectivity index (χ0) is 16.9. The van der Waals surface area contributed by atoms with Gasteiger partial charge in [-0.2, -0.15) is 0 Å². The first-order valence-electron chi connectivity index (χ1n) is 8.12. The Morgan fingerprint density at radius 3 is 2.42 bits per heavy atom. The van der Waals surface area contributed by atoms with Crippen molar-refractivity contribution in [3.05, 3.63) is 59.7 Å². The van der Waals surface area contributed by atoms with Crippen LogP contribution in [0, 0.1) is 0 Å². The lowest BCUT2D eigenvalue weighted by molar-refractivity contribution is -0.114. The van der Waals surface area contributed by atoms with Gasteiger partial charge in [0.2, 0.25) is 5.91 Å². The quantitative estimate of drug-likeness (QED) is 0.811. The number of benzene rings is 2. The van der Waals surface area contributed by atoms with Gasteiger partial charge >= 0.3 is 6.03 Å². The van der Waals surface area contributed by atoms with Crippen molar-refractivity contribution in [3.8, 4) is 0 Å². The molecule has 0 unspecified atom stereocenters. The van der Waals surface area contributed by atoms with Crippen molar-refractivity contribution in [2.45, 2.75) is 32.2 Å². The second kappa shape index (κ2) is 7.17. The van der Waals surface area contributed by atoms with E-state index in [1.165, 1.54) is 18.1 Å². The molecular formula is C19H21N3O2. The molecule has 24 heavy (non-hydrogen) atoms. The molecule has 0 radical (unpaired) electrons. The topological polar surface area (TPSA) is 70.2 Å². The fourth-order valence-corrected chi connectivity index (χ4v) is 3.05. The molecule has 0 aromatic heterocycles. The summed E-state index contributed by atoms with van der Waals surface area (Å²) in [5.74, 6) is -0.141. The maximum Gasteiger partial charge on any atom is 0.319 e. The van der Waals surface area contributed by atoms with Crippen LogP contribution in [0.1, 0.15) is 24.5 Å². The normalized spacial score (nSPS) is 16.0. The van der Waals surface area contributed by atoms with Gasteiger partial charge in [-0.25, -0.2) is 4.79 Å². The Kier molecular flexibility index (Phi) is 4.79. The van der Waals surface area contributed by atoms with E-state index in [-0.39, 0.29) is 18.0 Å². The maximum atomic E-state index is 12.2. The van der Waals surface area contributed by atoms with Crippen molar-refractivity contribution in [1.82, 2.24) is 5.32 Å². The molecular weight excluding hydrogens is 302 g/mol. The molecule has 0 saturated heterocycles. The molecule has 1 aliphatic rings. The van der Waals surface area contributed by atoms with Crippen LogP contribution in [0.3, 0.4) is 0 Å². The molecule has 124 valence electrons. The van der Waals surface area contributed by atoms with E-state index < -0.39 is 0 Å². The first-order chi connectivity index (χ1) is 11.6. The van der Waals surface area contributed by atoms with Crippen LogP contribution in [-0.4, -0.2) is 18.0 Å². The van der Waals surface area contributed by atoms with Gasteiger partial charge in [-0.3, -0.25) is 4.79 Å². The average molecular weight is 323 g/mol. The second-order valence-corrected chi connectivity index (χ2v) is 6.07. The number of urea groups is 1. The van der Waals surface area contributed by atoms with Gasteiger partial charge in [-0.05, 0) is 48.6 Å². The van der Waals surface area contributed by atoms with Crippen LogP contribution in [0.15, 0.2) is 48.5 Å². The van der Waals surface area contributed by atoms with Crippen molar-refractivity contribution >= 4 is 23.3 Å². The number of nitrogens with one attached hydrogen (secondary N) is 3. The number of amides is 3. The van der Waals surface area contributed by atoms with Crippen molar-refractivity contribution in [2.75, 3.05) is 10.6 Å². The maximum absolute atomic E-state index is 12.2. The number of fused-ring (bicyclic) bond motifs is 1. The van der Waals surface area contributed by atoms with Gasteiger partial charge in [0.15, 0.2) is 0 Å². The number of carbonyl (C=O) groups excluding carboxylic acids is 2. The summed E-state index contributed by atoms with van der Waals surface area (Å²) < 4.78 is 0. The third kappa shape index (κ3) is 4.13. The SMILES string of the molecule is CC(=O)Nc1cccc(NC(=O)N[C@H]2CCc3ccccc3C2)c1. The molecule has 2 aromatic carbocycles. The number of hydrogen-bond donors (Lipinski definition) is 3. The predicted molar refractivity (Wildman–Crippen MR) is 95.2 cm³/mol. The number of hydrogen-bond acceptors (Lipinski definition) is 2. The van der Waals surface area contributed by atoms with Gasteiger partial charge in [0.1, 0.15) is 0 Å². The molecule has 5 heteroatoms. The van der Waals surface area contributed by atoms with E-state index in [4.69, 9.17) is 0 Å². The fourth-order valence-electron chi connectivity index (χ4n) is 3.05. The first kappa shape index (κ1) is 16.1. The van der Waals surface area contributed by atoms with Gasteiger partial charge in [0.05, 0.1) is 0 Å². The van der Waals surface area contributed by atoms with E-state index in [1.54, 1.807) is 24.3 Å². The lowest BCUT2D eigenvalue weighted by atomic mass is 9.88. The molecule has 3 rings (SSSR count). The summed E-state index contributed by atoms with van der Waals surface area (Å²) in [5, 5.41) is 8.56. The lowest BCUT2D eigenvalue weighted by Crippen LogP contribution is -2.41. The number of anilines is 2. The molecule has 3 N–H and O–H groups in total. The molecule has 0 bridgehead atoms. The highest BCUT2D eigenvalue weighted by Crippen LogP contribution is 2.21. The smallest absolute Gasteiger partial charge is 0.319 e. The van der Waals surface area contributed by atoms with E-state index in [2.05, 4.69) is 34.1 Å². The van der Waals surface area contributed by atoms with Crippen molar-refractivity contribution < 1.29 is 9.59 Å².